The van der Waals surface area contributed by atoms with E-state index in [2.05, 4.69) is 15.3 Å². The summed E-state index contributed by atoms with van der Waals surface area (Å²) in [6.07, 6.45) is 2.38. The molecule has 0 atom stereocenters. The van der Waals surface area contributed by atoms with Crippen molar-refractivity contribution in [2.45, 2.75) is 19.8 Å². The molecule has 0 unspecified atom stereocenters. The van der Waals surface area contributed by atoms with E-state index < -0.39 is 0 Å². The van der Waals surface area contributed by atoms with Crippen LogP contribution in [0.4, 0.5) is 5.13 Å². The maximum Gasteiger partial charge on any atom is 0.226 e. The first-order chi connectivity index (χ1) is 11.1. The molecule has 0 fully saturated rings. The molecule has 5 nitrogen and oxygen atoms in total. The molecule has 1 aromatic carbocycles. The van der Waals surface area contributed by atoms with Crippen LogP contribution in [0.15, 0.2) is 40.3 Å². The number of hydrogen-bond donors (Lipinski definition) is 1. The highest BCUT2D eigenvalue weighted by molar-refractivity contribution is 7.13. The summed E-state index contributed by atoms with van der Waals surface area (Å²) in [7, 11) is 0. The van der Waals surface area contributed by atoms with Crippen LogP contribution in [-0.2, 0) is 11.2 Å². The molecule has 0 radical (unpaired) electrons. The van der Waals surface area contributed by atoms with Crippen molar-refractivity contribution in [1.82, 2.24) is 9.97 Å². The number of carbonyl (C=O) groups is 1. The zero-order valence-corrected chi connectivity index (χ0v) is 13.9. The summed E-state index contributed by atoms with van der Waals surface area (Å²) in [6, 6.07) is 7.32. The Hall–Kier alpha value is -2.18. The summed E-state index contributed by atoms with van der Waals surface area (Å²) in [5, 5.41) is 5.93. The Morgan fingerprint density at radius 2 is 2.13 bits per heavy atom. The fourth-order valence-corrected chi connectivity index (χ4v) is 2.82. The molecule has 118 valence electrons. The number of rotatable bonds is 5. The van der Waals surface area contributed by atoms with Gasteiger partial charge in [0.25, 0.3) is 0 Å². The summed E-state index contributed by atoms with van der Waals surface area (Å²) in [6.45, 7) is 1.89. The van der Waals surface area contributed by atoms with E-state index in [9.17, 15) is 4.79 Å². The van der Waals surface area contributed by atoms with Crippen LogP contribution in [0.25, 0.3) is 11.3 Å². The van der Waals surface area contributed by atoms with Crippen molar-refractivity contribution >= 4 is 34.0 Å². The van der Waals surface area contributed by atoms with Gasteiger partial charge in [-0.05, 0) is 31.2 Å². The van der Waals surface area contributed by atoms with E-state index in [4.69, 9.17) is 16.0 Å². The van der Waals surface area contributed by atoms with Gasteiger partial charge >= 0.3 is 0 Å². The molecule has 0 aliphatic carbocycles. The number of hydrogen-bond acceptors (Lipinski definition) is 5. The second-order valence-corrected chi connectivity index (χ2v) is 6.26. The van der Waals surface area contributed by atoms with Crippen molar-refractivity contribution in [3.63, 3.8) is 0 Å². The SMILES string of the molecule is Cc1csc(NC(=O)CCc2ncc(-c3ccc(Cl)cc3)o2)n1. The molecule has 0 saturated heterocycles. The smallest absolute Gasteiger partial charge is 0.226 e. The highest BCUT2D eigenvalue weighted by Crippen LogP contribution is 2.23. The number of nitrogens with zero attached hydrogens (tertiary/aromatic N) is 2. The molecule has 1 amide bonds. The van der Waals surface area contributed by atoms with E-state index in [1.54, 1.807) is 18.3 Å². The van der Waals surface area contributed by atoms with Gasteiger partial charge in [-0.2, -0.15) is 0 Å². The minimum Gasteiger partial charge on any atom is -0.441 e. The number of thiazole rings is 1. The third-order valence-electron chi connectivity index (χ3n) is 3.11. The Morgan fingerprint density at radius 3 is 2.83 bits per heavy atom. The lowest BCUT2D eigenvalue weighted by Gasteiger charge is -1.99. The van der Waals surface area contributed by atoms with Crippen LogP contribution < -0.4 is 5.32 Å². The number of amides is 1. The zero-order valence-electron chi connectivity index (χ0n) is 12.4. The van der Waals surface area contributed by atoms with Gasteiger partial charge in [0.05, 0.1) is 11.9 Å². The second-order valence-electron chi connectivity index (χ2n) is 4.97. The molecule has 23 heavy (non-hydrogen) atoms. The number of carbonyl (C=O) groups excluding carboxylic acids is 1. The standard InChI is InChI=1S/C16H14ClN3O2S/c1-10-9-23-16(19-10)20-14(21)6-7-15-18-8-13(22-15)11-2-4-12(17)5-3-11/h2-5,8-9H,6-7H2,1H3,(H,19,20,21). The van der Waals surface area contributed by atoms with Gasteiger partial charge in [0, 0.05) is 28.8 Å². The summed E-state index contributed by atoms with van der Waals surface area (Å²) < 4.78 is 5.67. The molecule has 3 rings (SSSR count). The Balaban J connectivity index is 1.56. The number of aryl methyl sites for hydroxylation is 2. The summed E-state index contributed by atoms with van der Waals surface area (Å²) in [4.78, 5) is 20.3. The van der Waals surface area contributed by atoms with Crippen molar-refractivity contribution < 1.29 is 9.21 Å². The van der Waals surface area contributed by atoms with Crippen molar-refractivity contribution in [3.8, 4) is 11.3 Å². The molecule has 0 bridgehead atoms. The van der Waals surface area contributed by atoms with Gasteiger partial charge in [0.15, 0.2) is 16.8 Å². The lowest BCUT2D eigenvalue weighted by Crippen LogP contribution is -2.12. The molecular weight excluding hydrogens is 334 g/mol. The van der Waals surface area contributed by atoms with E-state index in [1.807, 2.05) is 24.4 Å². The molecule has 1 N–H and O–H groups in total. The number of halogens is 1. The highest BCUT2D eigenvalue weighted by Gasteiger charge is 2.10. The fraction of sp³-hybridized carbons (Fsp3) is 0.188. The molecule has 3 aromatic rings. The fourth-order valence-electron chi connectivity index (χ4n) is 1.99. The Labute approximate surface area is 142 Å². The zero-order chi connectivity index (χ0) is 16.2. The number of anilines is 1. The van der Waals surface area contributed by atoms with Gasteiger partial charge in [-0.1, -0.05) is 11.6 Å². The van der Waals surface area contributed by atoms with Crippen LogP contribution in [0.2, 0.25) is 5.02 Å². The Bertz CT molecular complexity index is 811. The molecule has 0 spiro atoms. The number of nitrogens with one attached hydrogen (secondary N) is 1. The van der Waals surface area contributed by atoms with Gasteiger partial charge < -0.3 is 9.73 Å². The lowest BCUT2D eigenvalue weighted by atomic mass is 10.2. The van der Waals surface area contributed by atoms with Crippen LogP contribution in [0.3, 0.4) is 0 Å². The van der Waals surface area contributed by atoms with Crippen LogP contribution in [0.5, 0.6) is 0 Å². The molecule has 0 aliphatic rings. The van der Waals surface area contributed by atoms with Crippen molar-refractivity contribution in [2.24, 2.45) is 0 Å². The first-order valence-corrected chi connectivity index (χ1v) is 8.28. The van der Waals surface area contributed by atoms with Gasteiger partial charge in [-0.25, -0.2) is 9.97 Å². The minimum atomic E-state index is -0.106. The largest absolute Gasteiger partial charge is 0.441 e. The average molecular weight is 348 g/mol. The van der Waals surface area contributed by atoms with Crippen LogP contribution in [0, 0.1) is 6.92 Å². The quantitative estimate of drug-likeness (QED) is 0.745. The summed E-state index contributed by atoms with van der Waals surface area (Å²) >= 11 is 7.27. The lowest BCUT2D eigenvalue weighted by molar-refractivity contribution is -0.116. The van der Waals surface area contributed by atoms with Crippen molar-refractivity contribution in [1.29, 1.82) is 0 Å². The first-order valence-electron chi connectivity index (χ1n) is 7.03. The van der Waals surface area contributed by atoms with E-state index in [0.717, 1.165) is 11.3 Å². The molecule has 0 aliphatic heterocycles. The third-order valence-corrected chi connectivity index (χ3v) is 4.24. The van der Waals surface area contributed by atoms with Gasteiger partial charge in [-0.3, -0.25) is 4.79 Å². The second kappa shape index (κ2) is 6.93. The van der Waals surface area contributed by atoms with Crippen LogP contribution in [-0.4, -0.2) is 15.9 Å². The normalized spacial score (nSPS) is 10.7. The van der Waals surface area contributed by atoms with E-state index in [1.165, 1.54) is 11.3 Å². The number of oxazole rings is 1. The topological polar surface area (TPSA) is 68.0 Å². The highest BCUT2D eigenvalue weighted by atomic mass is 35.5. The predicted octanol–water partition coefficient (Wildman–Crippen LogP) is 4.33. The van der Waals surface area contributed by atoms with Crippen molar-refractivity contribution in [3.05, 3.63) is 52.4 Å². The third kappa shape index (κ3) is 4.18. The molecule has 0 saturated carbocycles. The summed E-state index contributed by atoms with van der Waals surface area (Å²) in [5.41, 5.74) is 1.79. The monoisotopic (exact) mass is 347 g/mol. The number of benzene rings is 1. The molecule has 2 heterocycles. The average Bonchev–Trinajstić information content (AvgIpc) is 3.15. The Kier molecular flexibility index (Phi) is 4.73. The van der Waals surface area contributed by atoms with Crippen molar-refractivity contribution in [2.75, 3.05) is 5.32 Å². The van der Waals surface area contributed by atoms with E-state index in [-0.39, 0.29) is 5.91 Å². The molecular formula is C16H14ClN3O2S. The first kappa shape index (κ1) is 15.7. The minimum absolute atomic E-state index is 0.106. The van der Waals surface area contributed by atoms with Gasteiger partial charge in [0.2, 0.25) is 5.91 Å². The van der Waals surface area contributed by atoms with E-state index >= 15 is 0 Å². The van der Waals surface area contributed by atoms with Crippen LogP contribution in [0.1, 0.15) is 18.0 Å². The number of aromatic nitrogens is 2. The van der Waals surface area contributed by atoms with Gasteiger partial charge in [-0.15, -0.1) is 11.3 Å². The van der Waals surface area contributed by atoms with Gasteiger partial charge in [0.1, 0.15) is 0 Å². The predicted molar refractivity (Wildman–Crippen MR) is 90.8 cm³/mol. The van der Waals surface area contributed by atoms with E-state index in [0.29, 0.717) is 34.6 Å². The maximum absolute atomic E-state index is 11.9. The molecule has 2 aromatic heterocycles. The summed E-state index contributed by atoms with van der Waals surface area (Å²) in [5.74, 6) is 1.08. The van der Waals surface area contributed by atoms with Crippen LogP contribution >= 0.6 is 22.9 Å². The maximum atomic E-state index is 11.9. The molecule has 7 heteroatoms. The Morgan fingerprint density at radius 1 is 1.35 bits per heavy atom.